The Morgan fingerprint density at radius 2 is 2.17 bits per heavy atom. The van der Waals surface area contributed by atoms with Gasteiger partial charge < -0.3 is 5.11 Å². The molecular weight excluding hydrogens is 255 g/mol. The second-order valence-corrected chi connectivity index (χ2v) is 4.88. The number of hydrogen-bond donors (Lipinski definition) is 2. The number of nitrogens with zero attached hydrogens (tertiary/aromatic N) is 1. The van der Waals surface area contributed by atoms with Gasteiger partial charge in [0, 0.05) is 11.8 Å². The summed E-state index contributed by atoms with van der Waals surface area (Å²) < 4.78 is 27.7. The Hall–Kier alpha value is -1.79. The number of benzene rings is 1. The molecule has 2 rings (SSSR count). The lowest BCUT2D eigenvalue weighted by atomic mass is 10.1. The fourth-order valence-corrected chi connectivity index (χ4v) is 2.25. The van der Waals surface area contributed by atoms with Crippen molar-refractivity contribution < 1.29 is 13.7 Å². The molecule has 2 aromatic rings. The van der Waals surface area contributed by atoms with Gasteiger partial charge in [0.15, 0.2) is 0 Å². The monoisotopic (exact) mass is 266 g/mol. The molecule has 1 aromatic carbocycles. The Balaban J connectivity index is 2.54. The molecule has 0 bridgehead atoms. The molecule has 0 saturated heterocycles. The fourth-order valence-electron chi connectivity index (χ4n) is 1.54. The van der Waals surface area contributed by atoms with E-state index >= 15 is 0 Å². The maximum absolute atomic E-state index is 13.5. The summed E-state index contributed by atoms with van der Waals surface area (Å²) in [5.74, 6) is -0.708. The lowest BCUT2D eigenvalue weighted by Crippen LogP contribution is -2.10. The van der Waals surface area contributed by atoms with Gasteiger partial charge in [0.25, 0.3) is 0 Å². The van der Waals surface area contributed by atoms with E-state index < -0.39 is 16.9 Å². The van der Waals surface area contributed by atoms with Crippen molar-refractivity contribution in [3.63, 3.8) is 0 Å². The third-order valence-electron chi connectivity index (χ3n) is 2.42. The van der Waals surface area contributed by atoms with Crippen LogP contribution in [0.5, 0.6) is 5.75 Å². The lowest BCUT2D eigenvalue weighted by molar-refractivity contribution is 0.461. The third kappa shape index (κ3) is 2.39. The van der Waals surface area contributed by atoms with Crippen LogP contribution in [0, 0.1) is 5.95 Å². The number of halogens is 1. The molecule has 1 aromatic heterocycles. The average molecular weight is 266 g/mol. The lowest BCUT2D eigenvalue weighted by Gasteiger charge is -2.07. The largest absolute Gasteiger partial charge is 0.507 e. The Labute approximate surface area is 106 Å². The van der Waals surface area contributed by atoms with Gasteiger partial charge in [0.05, 0.1) is 4.90 Å². The van der Waals surface area contributed by atoms with Crippen molar-refractivity contribution in [1.29, 1.82) is 0 Å². The number of nitrogens with one attached hydrogen (secondary N) is 1. The van der Waals surface area contributed by atoms with E-state index in [-0.39, 0.29) is 10.6 Å². The summed E-state index contributed by atoms with van der Waals surface area (Å²) >= 11 is 0. The summed E-state index contributed by atoms with van der Waals surface area (Å²) in [6.45, 7) is 0. The van der Waals surface area contributed by atoms with Crippen LogP contribution < -0.4 is 4.72 Å². The first-order chi connectivity index (χ1) is 8.63. The highest BCUT2D eigenvalue weighted by molar-refractivity contribution is 7.83. The summed E-state index contributed by atoms with van der Waals surface area (Å²) in [5, 5.41) is 9.61. The summed E-state index contributed by atoms with van der Waals surface area (Å²) in [5.41, 5.74) is 0.809. The highest BCUT2D eigenvalue weighted by Crippen LogP contribution is 2.28. The molecule has 0 aliphatic heterocycles. The zero-order valence-corrected chi connectivity index (χ0v) is 10.4. The van der Waals surface area contributed by atoms with E-state index in [1.54, 1.807) is 18.2 Å². The van der Waals surface area contributed by atoms with E-state index in [0.29, 0.717) is 11.1 Å². The molecule has 0 fully saturated rings. The van der Waals surface area contributed by atoms with E-state index in [1.807, 2.05) is 0 Å². The van der Waals surface area contributed by atoms with E-state index in [0.717, 1.165) is 0 Å². The minimum atomic E-state index is -1.54. The SMILES string of the molecule is CNS(=O)c1cc(-c2cccnc2F)ccc1O. The number of aromatic nitrogens is 1. The van der Waals surface area contributed by atoms with E-state index in [4.69, 9.17) is 0 Å². The molecule has 0 amide bonds. The van der Waals surface area contributed by atoms with Crippen molar-refractivity contribution in [1.82, 2.24) is 9.71 Å². The molecule has 0 spiro atoms. The molecule has 0 radical (unpaired) electrons. The first-order valence-corrected chi connectivity index (χ1v) is 6.31. The van der Waals surface area contributed by atoms with Crippen LogP contribution in [0.1, 0.15) is 0 Å². The van der Waals surface area contributed by atoms with Crippen LogP contribution in [0.2, 0.25) is 0 Å². The molecule has 1 heterocycles. The van der Waals surface area contributed by atoms with Gasteiger partial charge in [-0.2, -0.15) is 4.39 Å². The minimum absolute atomic E-state index is 0.101. The minimum Gasteiger partial charge on any atom is -0.507 e. The quantitative estimate of drug-likeness (QED) is 0.833. The van der Waals surface area contributed by atoms with E-state index in [1.165, 1.54) is 25.4 Å². The van der Waals surface area contributed by atoms with Gasteiger partial charge in [-0.15, -0.1) is 0 Å². The average Bonchev–Trinajstić information content (AvgIpc) is 2.39. The molecule has 0 aliphatic rings. The zero-order chi connectivity index (χ0) is 13.1. The van der Waals surface area contributed by atoms with Crippen LogP contribution in [0.25, 0.3) is 11.1 Å². The second-order valence-electron chi connectivity index (χ2n) is 3.50. The van der Waals surface area contributed by atoms with E-state index in [2.05, 4.69) is 9.71 Å². The van der Waals surface area contributed by atoms with Crippen molar-refractivity contribution >= 4 is 11.0 Å². The smallest absolute Gasteiger partial charge is 0.220 e. The molecule has 94 valence electrons. The number of pyridine rings is 1. The second kappa shape index (κ2) is 5.24. The van der Waals surface area contributed by atoms with Crippen LogP contribution in [-0.4, -0.2) is 21.3 Å². The van der Waals surface area contributed by atoms with Crippen molar-refractivity contribution in [2.45, 2.75) is 4.90 Å². The molecule has 1 atom stereocenters. The number of aromatic hydroxyl groups is 1. The molecular formula is C12H11FN2O2S. The topological polar surface area (TPSA) is 62.2 Å². The fraction of sp³-hybridized carbons (Fsp3) is 0.0833. The first-order valence-electron chi connectivity index (χ1n) is 5.16. The predicted octanol–water partition coefficient (Wildman–Crippen LogP) is 1.84. The highest BCUT2D eigenvalue weighted by Gasteiger charge is 2.12. The Kier molecular flexibility index (Phi) is 3.69. The van der Waals surface area contributed by atoms with Crippen LogP contribution in [0.4, 0.5) is 4.39 Å². The van der Waals surface area contributed by atoms with Gasteiger partial charge >= 0.3 is 0 Å². The summed E-state index contributed by atoms with van der Waals surface area (Å²) in [7, 11) is -0.0286. The number of rotatable bonds is 3. The molecule has 0 saturated carbocycles. The number of phenolic OH excluding ortho intramolecular Hbond substituents is 1. The van der Waals surface area contributed by atoms with Crippen LogP contribution in [0.3, 0.4) is 0 Å². The standard InChI is InChI=1S/C12H11FN2O2S/c1-14-18(17)11-7-8(4-5-10(11)16)9-3-2-6-15-12(9)13/h2-7,14,16H,1H3. The van der Waals surface area contributed by atoms with Crippen molar-refractivity contribution in [3.05, 3.63) is 42.5 Å². The normalized spacial score (nSPS) is 12.3. The Bertz CT molecular complexity index is 604. The number of hydrogen-bond acceptors (Lipinski definition) is 3. The van der Waals surface area contributed by atoms with Gasteiger partial charge in [0.2, 0.25) is 5.95 Å². The molecule has 1 unspecified atom stereocenters. The van der Waals surface area contributed by atoms with Gasteiger partial charge in [0.1, 0.15) is 16.7 Å². The van der Waals surface area contributed by atoms with Gasteiger partial charge in [-0.05, 0) is 36.9 Å². The summed E-state index contributed by atoms with van der Waals surface area (Å²) in [6, 6.07) is 7.58. The molecule has 2 N–H and O–H groups in total. The summed E-state index contributed by atoms with van der Waals surface area (Å²) in [4.78, 5) is 3.76. The van der Waals surface area contributed by atoms with Crippen LogP contribution in [-0.2, 0) is 11.0 Å². The first kappa shape index (κ1) is 12.7. The zero-order valence-electron chi connectivity index (χ0n) is 9.55. The molecule has 0 aliphatic carbocycles. The Morgan fingerprint density at radius 3 is 2.83 bits per heavy atom. The third-order valence-corrected chi connectivity index (χ3v) is 3.51. The van der Waals surface area contributed by atoms with Gasteiger partial charge in [-0.1, -0.05) is 6.07 Å². The van der Waals surface area contributed by atoms with E-state index in [9.17, 15) is 13.7 Å². The van der Waals surface area contributed by atoms with Crippen LogP contribution >= 0.6 is 0 Å². The van der Waals surface area contributed by atoms with Crippen molar-refractivity contribution in [3.8, 4) is 16.9 Å². The van der Waals surface area contributed by atoms with Crippen molar-refractivity contribution in [2.75, 3.05) is 7.05 Å². The van der Waals surface area contributed by atoms with Crippen molar-refractivity contribution in [2.24, 2.45) is 0 Å². The maximum Gasteiger partial charge on any atom is 0.220 e. The Morgan fingerprint density at radius 1 is 1.39 bits per heavy atom. The number of phenols is 1. The van der Waals surface area contributed by atoms with Crippen LogP contribution in [0.15, 0.2) is 41.4 Å². The highest BCUT2D eigenvalue weighted by atomic mass is 32.2. The molecule has 4 nitrogen and oxygen atoms in total. The molecule has 6 heteroatoms. The van der Waals surface area contributed by atoms with Gasteiger partial charge in [-0.25, -0.2) is 13.9 Å². The molecule has 18 heavy (non-hydrogen) atoms. The maximum atomic E-state index is 13.5. The predicted molar refractivity (Wildman–Crippen MR) is 66.8 cm³/mol. The van der Waals surface area contributed by atoms with Gasteiger partial charge in [-0.3, -0.25) is 0 Å². The summed E-state index contributed by atoms with van der Waals surface area (Å²) in [6.07, 6.45) is 1.35.